The Bertz CT molecular complexity index is 890. The number of carbonyl (C=O) groups is 1. The van der Waals surface area contributed by atoms with E-state index in [1.54, 1.807) is 11.6 Å². The summed E-state index contributed by atoms with van der Waals surface area (Å²) in [5.74, 6) is -0.0708. The molecule has 0 saturated carbocycles. The molecular formula is C20H27N3O3S. The Balaban J connectivity index is 1.67. The Hall–Kier alpha value is -1.99. The normalized spacial score (nSPS) is 18.5. The first-order chi connectivity index (χ1) is 12.9. The van der Waals surface area contributed by atoms with Crippen LogP contribution in [0.3, 0.4) is 0 Å². The van der Waals surface area contributed by atoms with Crippen molar-refractivity contribution in [1.82, 2.24) is 14.1 Å². The number of hydrogen-bond acceptors (Lipinski definition) is 4. The minimum atomic E-state index is -3.62. The lowest BCUT2D eigenvalue weighted by molar-refractivity contribution is -0.123. The van der Waals surface area contributed by atoms with Gasteiger partial charge in [0, 0.05) is 32.0 Å². The Morgan fingerprint density at radius 3 is 2.67 bits per heavy atom. The zero-order valence-corrected chi connectivity index (χ0v) is 16.8. The van der Waals surface area contributed by atoms with Crippen LogP contribution in [0.2, 0.25) is 0 Å². The van der Waals surface area contributed by atoms with E-state index in [9.17, 15) is 13.2 Å². The monoisotopic (exact) mass is 389 g/mol. The summed E-state index contributed by atoms with van der Waals surface area (Å²) in [6.45, 7) is 5.06. The first-order valence-corrected chi connectivity index (χ1v) is 11.0. The van der Waals surface area contributed by atoms with Gasteiger partial charge >= 0.3 is 0 Å². The van der Waals surface area contributed by atoms with Gasteiger partial charge < -0.3 is 0 Å². The highest BCUT2D eigenvalue weighted by molar-refractivity contribution is 7.89. The number of ketones is 1. The third-order valence-corrected chi connectivity index (χ3v) is 7.29. The van der Waals surface area contributed by atoms with Gasteiger partial charge in [-0.15, -0.1) is 0 Å². The van der Waals surface area contributed by atoms with Crippen molar-refractivity contribution in [2.45, 2.75) is 51.0 Å². The van der Waals surface area contributed by atoms with Gasteiger partial charge in [0.1, 0.15) is 10.7 Å². The van der Waals surface area contributed by atoms with E-state index in [4.69, 9.17) is 0 Å². The number of sulfonamides is 1. The third kappa shape index (κ3) is 4.30. The van der Waals surface area contributed by atoms with E-state index in [-0.39, 0.29) is 23.1 Å². The van der Waals surface area contributed by atoms with Crippen molar-refractivity contribution in [2.75, 3.05) is 13.1 Å². The van der Waals surface area contributed by atoms with E-state index >= 15 is 0 Å². The second-order valence-electron chi connectivity index (χ2n) is 7.06. The molecule has 1 aromatic carbocycles. The van der Waals surface area contributed by atoms with Gasteiger partial charge in [-0.05, 0) is 38.7 Å². The van der Waals surface area contributed by atoms with E-state index in [0.29, 0.717) is 38.0 Å². The summed E-state index contributed by atoms with van der Waals surface area (Å²) in [7, 11) is -3.62. The maximum Gasteiger partial charge on any atom is 0.246 e. The standard InChI is InChI=1S/C20H27N3O3S/c1-3-23-16(2)20(14-21-23)27(25,26)22-13-7-10-18(15-22)19(24)12-11-17-8-5-4-6-9-17/h4-6,8-9,14,18H,3,7,10-13,15H2,1-2H3. The lowest BCUT2D eigenvalue weighted by Gasteiger charge is -2.31. The molecule has 1 aromatic heterocycles. The second-order valence-corrected chi connectivity index (χ2v) is 8.97. The molecular weight excluding hydrogens is 362 g/mol. The molecule has 0 N–H and O–H groups in total. The summed E-state index contributed by atoms with van der Waals surface area (Å²) < 4.78 is 29.2. The molecule has 3 rings (SSSR count). The highest BCUT2D eigenvalue weighted by Gasteiger charge is 2.34. The zero-order chi connectivity index (χ0) is 19.4. The van der Waals surface area contributed by atoms with Crippen molar-refractivity contribution in [3.8, 4) is 0 Å². The molecule has 1 fully saturated rings. The van der Waals surface area contributed by atoms with E-state index in [1.165, 1.54) is 10.5 Å². The summed E-state index contributed by atoms with van der Waals surface area (Å²) in [5, 5.41) is 4.16. The Kier molecular flexibility index (Phi) is 6.11. The second kappa shape index (κ2) is 8.35. The Morgan fingerprint density at radius 2 is 2.00 bits per heavy atom. The van der Waals surface area contributed by atoms with Crippen LogP contribution < -0.4 is 0 Å². The van der Waals surface area contributed by atoms with Crippen LogP contribution >= 0.6 is 0 Å². The van der Waals surface area contributed by atoms with Gasteiger partial charge in [-0.1, -0.05) is 30.3 Å². The van der Waals surface area contributed by atoms with Gasteiger partial charge in [-0.25, -0.2) is 8.42 Å². The molecule has 1 saturated heterocycles. The first kappa shape index (κ1) is 19.8. The molecule has 1 aliphatic rings. The summed E-state index contributed by atoms with van der Waals surface area (Å²) in [6.07, 6.45) is 4.05. The van der Waals surface area contributed by atoms with Crippen LogP contribution in [0.4, 0.5) is 0 Å². The number of benzene rings is 1. The number of piperidine rings is 1. The average Bonchev–Trinajstić information content (AvgIpc) is 3.08. The van der Waals surface area contributed by atoms with Gasteiger partial charge in [0.15, 0.2) is 0 Å². The summed E-state index contributed by atoms with van der Waals surface area (Å²) in [5.41, 5.74) is 1.78. The van der Waals surface area contributed by atoms with Crippen LogP contribution in [0.1, 0.15) is 37.4 Å². The summed E-state index contributed by atoms with van der Waals surface area (Å²) in [6, 6.07) is 9.91. The van der Waals surface area contributed by atoms with Crippen molar-refractivity contribution >= 4 is 15.8 Å². The third-order valence-electron chi connectivity index (χ3n) is 5.32. The molecule has 27 heavy (non-hydrogen) atoms. The molecule has 0 spiro atoms. The van der Waals surface area contributed by atoms with Gasteiger partial charge in [0.05, 0.1) is 11.9 Å². The lowest BCUT2D eigenvalue weighted by Crippen LogP contribution is -2.42. The van der Waals surface area contributed by atoms with Crippen LogP contribution in [0.25, 0.3) is 0 Å². The van der Waals surface area contributed by atoms with Crippen LogP contribution in [0, 0.1) is 12.8 Å². The number of hydrogen-bond donors (Lipinski definition) is 0. The maximum atomic E-state index is 13.0. The molecule has 0 bridgehead atoms. The van der Waals surface area contributed by atoms with E-state index in [2.05, 4.69) is 5.10 Å². The van der Waals surface area contributed by atoms with Crippen LogP contribution in [0.5, 0.6) is 0 Å². The molecule has 1 aliphatic heterocycles. The Labute approximate surface area is 161 Å². The molecule has 7 heteroatoms. The smallest absolute Gasteiger partial charge is 0.246 e. The van der Waals surface area contributed by atoms with Crippen LogP contribution in [0.15, 0.2) is 41.4 Å². The molecule has 1 atom stereocenters. The van der Waals surface area contributed by atoms with Crippen LogP contribution in [-0.4, -0.2) is 41.4 Å². The fraction of sp³-hybridized carbons (Fsp3) is 0.500. The van der Waals surface area contributed by atoms with Crippen molar-refractivity contribution < 1.29 is 13.2 Å². The van der Waals surface area contributed by atoms with Gasteiger partial charge in [-0.3, -0.25) is 9.48 Å². The number of aromatic nitrogens is 2. The molecule has 2 aromatic rings. The maximum absolute atomic E-state index is 13.0. The zero-order valence-electron chi connectivity index (χ0n) is 16.0. The fourth-order valence-electron chi connectivity index (χ4n) is 3.68. The highest BCUT2D eigenvalue weighted by atomic mass is 32.2. The molecule has 146 valence electrons. The predicted molar refractivity (Wildman–Crippen MR) is 104 cm³/mol. The SMILES string of the molecule is CCn1ncc(S(=O)(=O)N2CCCC(C(=O)CCc3ccccc3)C2)c1C. The van der Waals surface area contributed by atoms with Gasteiger partial charge in [-0.2, -0.15) is 9.40 Å². The quantitative estimate of drug-likeness (QED) is 0.730. The van der Waals surface area contributed by atoms with E-state index < -0.39 is 10.0 Å². The van der Waals surface area contributed by atoms with Crippen molar-refractivity contribution in [1.29, 1.82) is 0 Å². The van der Waals surface area contributed by atoms with Gasteiger partial charge in [0.2, 0.25) is 10.0 Å². The average molecular weight is 390 g/mol. The number of aryl methyl sites for hydroxylation is 2. The molecule has 0 aliphatic carbocycles. The highest BCUT2D eigenvalue weighted by Crippen LogP contribution is 2.26. The summed E-state index contributed by atoms with van der Waals surface area (Å²) in [4.78, 5) is 12.9. The molecule has 0 radical (unpaired) electrons. The number of Topliss-reactive ketones (excluding diaryl/α,β-unsaturated/α-hetero) is 1. The fourth-order valence-corrected chi connectivity index (χ4v) is 5.36. The largest absolute Gasteiger partial charge is 0.299 e. The molecule has 0 amide bonds. The first-order valence-electron chi connectivity index (χ1n) is 9.52. The van der Waals surface area contributed by atoms with Gasteiger partial charge in [0.25, 0.3) is 0 Å². The number of nitrogens with zero attached hydrogens (tertiary/aromatic N) is 3. The topological polar surface area (TPSA) is 72.3 Å². The van der Waals surface area contributed by atoms with Crippen LogP contribution in [-0.2, 0) is 27.8 Å². The predicted octanol–water partition coefficient (Wildman–Crippen LogP) is 2.81. The van der Waals surface area contributed by atoms with E-state index in [0.717, 1.165) is 12.0 Å². The number of carbonyl (C=O) groups excluding carboxylic acids is 1. The van der Waals surface area contributed by atoms with Crippen molar-refractivity contribution in [3.05, 3.63) is 47.8 Å². The van der Waals surface area contributed by atoms with Crippen molar-refractivity contribution in [2.24, 2.45) is 5.92 Å². The molecule has 6 nitrogen and oxygen atoms in total. The van der Waals surface area contributed by atoms with E-state index in [1.807, 2.05) is 37.3 Å². The number of rotatable bonds is 7. The lowest BCUT2D eigenvalue weighted by atomic mass is 9.91. The van der Waals surface area contributed by atoms with Crippen molar-refractivity contribution in [3.63, 3.8) is 0 Å². The molecule has 2 heterocycles. The molecule has 1 unspecified atom stereocenters. The minimum absolute atomic E-state index is 0.153. The minimum Gasteiger partial charge on any atom is -0.299 e. The summed E-state index contributed by atoms with van der Waals surface area (Å²) >= 11 is 0. The Morgan fingerprint density at radius 1 is 1.26 bits per heavy atom.